The van der Waals surface area contributed by atoms with Gasteiger partial charge in [-0.05, 0) is 18.4 Å². The fourth-order valence-electron chi connectivity index (χ4n) is 2.66. The average molecular weight is 245 g/mol. The minimum Gasteiger partial charge on any atom is -0.349 e. The fourth-order valence-corrected chi connectivity index (χ4v) is 2.66. The normalized spacial score (nSPS) is 21.4. The highest BCUT2D eigenvalue weighted by atomic mass is 16.1. The Balaban J connectivity index is 2.24. The van der Waals surface area contributed by atoms with Gasteiger partial charge in [0.25, 0.3) is 0 Å². The van der Waals surface area contributed by atoms with E-state index in [1.807, 2.05) is 30.3 Å². The number of amides is 1. The van der Waals surface area contributed by atoms with E-state index in [1.54, 1.807) is 0 Å². The summed E-state index contributed by atoms with van der Waals surface area (Å²) in [5.74, 6) is 0.135. The molecule has 3 heteroatoms. The van der Waals surface area contributed by atoms with E-state index in [-0.39, 0.29) is 23.7 Å². The van der Waals surface area contributed by atoms with Crippen molar-refractivity contribution in [1.82, 2.24) is 5.32 Å². The number of rotatable bonds is 3. The van der Waals surface area contributed by atoms with Gasteiger partial charge in [0.05, 0.1) is 6.04 Å². The third-order valence-electron chi connectivity index (χ3n) is 3.52. The van der Waals surface area contributed by atoms with Crippen molar-refractivity contribution in [3.8, 4) is 0 Å². The van der Waals surface area contributed by atoms with Gasteiger partial charge in [-0.1, -0.05) is 36.8 Å². The molecule has 0 saturated heterocycles. The number of hydrogen-bond donors (Lipinski definition) is 1. The van der Waals surface area contributed by atoms with E-state index in [4.69, 9.17) is 0 Å². The molecular weight excluding hydrogens is 226 g/mol. The summed E-state index contributed by atoms with van der Waals surface area (Å²) >= 11 is 0. The highest BCUT2D eigenvalue weighted by Crippen LogP contribution is 2.32. The second-order valence-electron chi connectivity index (χ2n) is 4.91. The van der Waals surface area contributed by atoms with Crippen molar-refractivity contribution >= 4 is 11.7 Å². The zero-order chi connectivity index (χ0) is 13.0. The maximum Gasteiger partial charge on any atom is 0.217 e. The minimum absolute atomic E-state index is 0.0648. The Labute approximate surface area is 108 Å². The summed E-state index contributed by atoms with van der Waals surface area (Å²) in [6.45, 7) is 1.50. The van der Waals surface area contributed by atoms with Gasteiger partial charge in [0.2, 0.25) is 5.91 Å². The van der Waals surface area contributed by atoms with Crippen LogP contribution in [-0.2, 0) is 9.59 Å². The van der Waals surface area contributed by atoms with E-state index < -0.39 is 0 Å². The summed E-state index contributed by atoms with van der Waals surface area (Å²) in [5, 5.41) is 2.94. The summed E-state index contributed by atoms with van der Waals surface area (Å²) in [4.78, 5) is 23.4. The molecule has 0 aliphatic heterocycles. The van der Waals surface area contributed by atoms with Crippen molar-refractivity contribution in [2.45, 2.75) is 38.6 Å². The van der Waals surface area contributed by atoms with Gasteiger partial charge in [0.1, 0.15) is 5.78 Å². The Morgan fingerprint density at radius 2 is 2.00 bits per heavy atom. The Hall–Kier alpha value is -1.64. The van der Waals surface area contributed by atoms with Gasteiger partial charge in [-0.25, -0.2) is 0 Å². The molecule has 1 saturated carbocycles. The number of nitrogens with one attached hydrogen (secondary N) is 1. The molecular formula is C15H19NO2. The molecule has 1 aliphatic rings. The van der Waals surface area contributed by atoms with Crippen LogP contribution >= 0.6 is 0 Å². The second kappa shape index (κ2) is 5.80. The lowest BCUT2D eigenvalue weighted by atomic mass is 9.80. The van der Waals surface area contributed by atoms with Crippen LogP contribution in [0.1, 0.15) is 44.2 Å². The molecule has 96 valence electrons. The van der Waals surface area contributed by atoms with Crippen molar-refractivity contribution < 1.29 is 9.59 Å². The molecule has 1 aromatic carbocycles. The van der Waals surface area contributed by atoms with E-state index in [2.05, 4.69) is 5.32 Å². The maximum atomic E-state index is 12.0. The Morgan fingerprint density at radius 1 is 1.28 bits per heavy atom. The van der Waals surface area contributed by atoms with Crippen LogP contribution < -0.4 is 5.32 Å². The average Bonchev–Trinajstić information content (AvgIpc) is 2.38. The third kappa shape index (κ3) is 2.97. The van der Waals surface area contributed by atoms with Crippen molar-refractivity contribution in [1.29, 1.82) is 0 Å². The fraction of sp³-hybridized carbons (Fsp3) is 0.467. The van der Waals surface area contributed by atoms with Crippen LogP contribution in [0.5, 0.6) is 0 Å². The number of benzene rings is 1. The smallest absolute Gasteiger partial charge is 0.217 e. The topological polar surface area (TPSA) is 46.2 Å². The molecule has 0 aromatic heterocycles. The van der Waals surface area contributed by atoms with E-state index in [1.165, 1.54) is 6.92 Å². The molecule has 1 aromatic rings. The van der Waals surface area contributed by atoms with Crippen LogP contribution in [0.4, 0.5) is 0 Å². The number of ketones is 1. The van der Waals surface area contributed by atoms with Crippen molar-refractivity contribution in [3.63, 3.8) is 0 Å². The van der Waals surface area contributed by atoms with Crippen molar-refractivity contribution in [2.24, 2.45) is 5.92 Å². The largest absolute Gasteiger partial charge is 0.349 e. The van der Waals surface area contributed by atoms with E-state index >= 15 is 0 Å². The number of carbonyl (C=O) groups excluding carboxylic acids is 2. The first-order chi connectivity index (χ1) is 8.68. The van der Waals surface area contributed by atoms with Gasteiger partial charge in [0.15, 0.2) is 0 Å². The van der Waals surface area contributed by atoms with Crippen LogP contribution in [-0.4, -0.2) is 11.7 Å². The standard InChI is InChI=1S/C15H19NO2/c1-11(17)16-15(12-7-3-2-4-8-12)13-9-5-6-10-14(13)18/h2-4,7-8,13,15H,5-6,9-10H2,1H3,(H,16,17)/t13-,15+/m0/s1. The molecule has 1 amide bonds. The first kappa shape index (κ1) is 12.8. The number of hydrogen-bond acceptors (Lipinski definition) is 2. The Morgan fingerprint density at radius 3 is 2.61 bits per heavy atom. The summed E-state index contributed by atoms with van der Waals surface area (Å²) < 4.78 is 0. The zero-order valence-corrected chi connectivity index (χ0v) is 10.7. The zero-order valence-electron chi connectivity index (χ0n) is 10.7. The van der Waals surface area contributed by atoms with E-state index in [0.29, 0.717) is 6.42 Å². The molecule has 0 heterocycles. The van der Waals surface area contributed by atoms with Gasteiger partial charge in [-0.2, -0.15) is 0 Å². The minimum atomic E-state index is -0.170. The lowest BCUT2D eigenvalue weighted by molar-refractivity contribution is -0.126. The highest BCUT2D eigenvalue weighted by Gasteiger charge is 2.31. The Bertz CT molecular complexity index is 427. The van der Waals surface area contributed by atoms with Crippen molar-refractivity contribution in [2.75, 3.05) is 0 Å². The molecule has 2 atom stereocenters. The number of Topliss-reactive ketones (excluding diaryl/α,β-unsaturated/α-hetero) is 1. The number of carbonyl (C=O) groups is 2. The van der Waals surface area contributed by atoms with Crippen LogP contribution in [0.25, 0.3) is 0 Å². The van der Waals surface area contributed by atoms with Gasteiger partial charge in [0, 0.05) is 19.3 Å². The molecule has 3 nitrogen and oxygen atoms in total. The van der Waals surface area contributed by atoms with Gasteiger partial charge < -0.3 is 5.32 Å². The lowest BCUT2D eigenvalue weighted by Gasteiger charge is -2.29. The quantitative estimate of drug-likeness (QED) is 0.889. The summed E-state index contributed by atoms with van der Waals surface area (Å²) in [6.07, 6.45) is 3.57. The predicted molar refractivity (Wildman–Crippen MR) is 70.0 cm³/mol. The van der Waals surface area contributed by atoms with Crippen molar-refractivity contribution in [3.05, 3.63) is 35.9 Å². The molecule has 1 aliphatic carbocycles. The predicted octanol–water partition coefficient (Wildman–Crippen LogP) is 2.62. The summed E-state index contributed by atoms with van der Waals surface area (Å²) in [7, 11) is 0. The van der Waals surface area contributed by atoms with Crippen LogP contribution in [0.3, 0.4) is 0 Å². The maximum absolute atomic E-state index is 12.0. The first-order valence-electron chi connectivity index (χ1n) is 6.53. The molecule has 2 rings (SSSR count). The monoisotopic (exact) mass is 245 g/mol. The van der Waals surface area contributed by atoms with Crippen LogP contribution in [0.2, 0.25) is 0 Å². The van der Waals surface area contributed by atoms with E-state index in [0.717, 1.165) is 24.8 Å². The molecule has 1 fully saturated rings. The summed E-state index contributed by atoms with van der Waals surface area (Å²) in [6, 6.07) is 9.60. The third-order valence-corrected chi connectivity index (χ3v) is 3.52. The van der Waals surface area contributed by atoms with E-state index in [9.17, 15) is 9.59 Å². The van der Waals surface area contributed by atoms with Gasteiger partial charge in [-0.3, -0.25) is 9.59 Å². The molecule has 0 spiro atoms. The van der Waals surface area contributed by atoms with Gasteiger partial charge in [-0.15, -0.1) is 0 Å². The van der Waals surface area contributed by atoms with Crippen LogP contribution in [0.15, 0.2) is 30.3 Å². The Kier molecular flexibility index (Phi) is 4.13. The molecule has 0 radical (unpaired) electrons. The van der Waals surface area contributed by atoms with Crippen LogP contribution in [0, 0.1) is 5.92 Å². The molecule has 1 N–H and O–H groups in total. The highest BCUT2D eigenvalue weighted by molar-refractivity contribution is 5.83. The first-order valence-corrected chi connectivity index (χ1v) is 6.53. The second-order valence-corrected chi connectivity index (χ2v) is 4.91. The van der Waals surface area contributed by atoms with Gasteiger partial charge >= 0.3 is 0 Å². The lowest BCUT2D eigenvalue weighted by Crippen LogP contribution is -2.37. The molecule has 0 bridgehead atoms. The molecule has 0 unspecified atom stereocenters. The summed E-state index contributed by atoms with van der Waals surface area (Å²) in [5.41, 5.74) is 1.02. The SMILES string of the molecule is CC(=O)N[C@H](c1ccccc1)[C@H]1CCCCC1=O. The molecule has 18 heavy (non-hydrogen) atoms.